The van der Waals surface area contributed by atoms with Crippen LogP contribution in [0, 0.1) is 6.92 Å². The minimum absolute atomic E-state index is 0.198. The van der Waals surface area contributed by atoms with E-state index in [4.69, 9.17) is 9.15 Å². The number of likely N-dealkylation sites (tertiary alicyclic amines) is 1. The lowest BCUT2D eigenvalue weighted by Crippen LogP contribution is -2.23. The predicted octanol–water partition coefficient (Wildman–Crippen LogP) is 2.51. The van der Waals surface area contributed by atoms with Crippen LogP contribution in [0.5, 0.6) is 5.88 Å². The van der Waals surface area contributed by atoms with Gasteiger partial charge >= 0.3 is 0 Å². The standard InChI is InChI=1S/C15H20N4O2/c1-3-20-14-8-4-6-12(16-14)10-19-9-5-7-13(19)15-18-17-11(2)21-15/h4,6,8,13H,3,5,7,9-10H2,1-2H3/t13-/m0/s1. The molecule has 1 fully saturated rings. The average molecular weight is 288 g/mol. The largest absolute Gasteiger partial charge is 0.478 e. The molecule has 1 atom stereocenters. The topological polar surface area (TPSA) is 64.3 Å². The molecule has 0 aromatic carbocycles. The van der Waals surface area contributed by atoms with E-state index in [9.17, 15) is 0 Å². The summed E-state index contributed by atoms with van der Waals surface area (Å²) < 4.78 is 11.0. The van der Waals surface area contributed by atoms with Crippen LogP contribution in [-0.4, -0.2) is 33.2 Å². The zero-order valence-electron chi connectivity index (χ0n) is 12.5. The zero-order valence-corrected chi connectivity index (χ0v) is 12.5. The molecule has 6 nitrogen and oxygen atoms in total. The summed E-state index contributed by atoms with van der Waals surface area (Å²) >= 11 is 0. The number of pyridine rings is 1. The van der Waals surface area contributed by atoms with E-state index in [1.54, 1.807) is 0 Å². The first kappa shape index (κ1) is 14.0. The molecule has 1 saturated heterocycles. The molecule has 3 rings (SSSR count). The molecule has 0 radical (unpaired) electrons. The number of ether oxygens (including phenoxy) is 1. The van der Waals surface area contributed by atoms with Crippen LogP contribution in [0.15, 0.2) is 22.6 Å². The number of hydrogen-bond donors (Lipinski definition) is 0. The number of nitrogens with zero attached hydrogens (tertiary/aromatic N) is 4. The molecule has 0 amide bonds. The average Bonchev–Trinajstić information content (AvgIpc) is 3.08. The van der Waals surface area contributed by atoms with E-state index in [0.29, 0.717) is 24.3 Å². The molecule has 2 aromatic rings. The highest BCUT2D eigenvalue weighted by atomic mass is 16.5. The fourth-order valence-electron chi connectivity index (χ4n) is 2.72. The van der Waals surface area contributed by atoms with E-state index in [1.165, 1.54) is 0 Å². The Labute approximate surface area is 124 Å². The van der Waals surface area contributed by atoms with E-state index < -0.39 is 0 Å². The molecule has 6 heteroatoms. The van der Waals surface area contributed by atoms with Gasteiger partial charge in [-0.1, -0.05) is 6.07 Å². The third kappa shape index (κ3) is 3.21. The molecular weight excluding hydrogens is 268 g/mol. The van der Waals surface area contributed by atoms with Crippen molar-refractivity contribution < 1.29 is 9.15 Å². The molecule has 21 heavy (non-hydrogen) atoms. The summed E-state index contributed by atoms with van der Waals surface area (Å²) in [5, 5.41) is 8.10. The van der Waals surface area contributed by atoms with Crippen LogP contribution in [0.25, 0.3) is 0 Å². The minimum atomic E-state index is 0.198. The van der Waals surface area contributed by atoms with Crippen LogP contribution in [0.2, 0.25) is 0 Å². The van der Waals surface area contributed by atoms with E-state index >= 15 is 0 Å². The van der Waals surface area contributed by atoms with Crippen molar-refractivity contribution in [2.24, 2.45) is 0 Å². The first-order chi connectivity index (χ1) is 10.3. The fraction of sp³-hybridized carbons (Fsp3) is 0.533. The lowest BCUT2D eigenvalue weighted by Gasteiger charge is -2.21. The zero-order chi connectivity index (χ0) is 14.7. The molecule has 0 aliphatic carbocycles. The third-order valence-electron chi connectivity index (χ3n) is 3.63. The maximum absolute atomic E-state index is 5.59. The first-order valence-corrected chi connectivity index (χ1v) is 7.39. The summed E-state index contributed by atoms with van der Waals surface area (Å²) in [6.45, 7) is 6.20. The smallest absolute Gasteiger partial charge is 0.233 e. The summed E-state index contributed by atoms with van der Waals surface area (Å²) in [7, 11) is 0. The molecule has 0 spiro atoms. The molecule has 2 aromatic heterocycles. The van der Waals surface area contributed by atoms with Crippen LogP contribution < -0.4 is 4.74 Å². The highest BCUT2D eigenvalue weighted by Crippen LogP contribution is 2.32. The molecule has 0 saturated carbocycles. The van der Waals surface area contributed by atoms with Gasteiger partial charge in [0.25, 0.3) is 0 Å². The number of aromatic nitrogens is 3. The van der Waals surface area contributed by atoms with Gasteiger partial charge in [-0.2, -0.15) is 0 Å². The highest BCUT2D eigenvalue weighted by molar-refractivity contribution is 5.16. The molecule has 0 unspecified atom stereocenters. The molecular formula is C15H20N4O2. The normalized spacial score (nSPS) is 19.0. The lowest BCUT2D eigenvalue weighted by molar-refractivity contribution is 0.209. The van der Waals surface area contributed by atoms with Crippen molar-refractivity contribution >= 4 is 0 Å². The number of rotatable bonds is 5. The van der Waals surface area contributed by atoms with Crippen LogP contribution in [0.4, 0.5) is 0 Å². The second-order valence-electron chi connectivity index (χ2n) is 5.19. The summed E-state index contributed by atoms with van der Waals surface area (Å²) in [5.74, 6) is 2.01. The third-order valence-corrected chi connectivity index (χ3v) is 3.63. The van der Waals surface area contributed by atoms with Crippen LogP contribution in [-0.2, 0) is 6.54 Å². The number of aryl methyl sites for hydroxylation is 1. The van der Waals surface area contributed by atoms with Crippen molar-refractivity contribution in [3.8, 4) is 5.88 Å². The van der Waals surface area contributed by atoms with E-state index in [-0.39, 0.29) is 6.04 Å². The highest BCUT2D eigenvalue weighted by Gasteiger charge is 2.30. The van der Waals surface area contributed by atoms with Crippen molar-refractivity contribution in [1.82, 2.24) is 20.1 Å². The van der Waals surface area contributed by atoms with Gasteiger partial charge in [-0.15, -0.1) is 10.2 Å². The molecule has 1 aliphatic rings. The fourth-order valence-corrected chi connectivity index (χ4v) is 2.72. The Morgan fingerprint density at radius 2 is 2.29 bits per heavy atom. The first-order valence-electron chi connectivity index (χ1n) is 7.39. The maximum Gasteiger partial charge on any atom is 0.233 e. The SMILES string of the molecule is CCOc1cccc(CN2CCC[C@H]2c2nnc(C)o2)n1. The molecule has 0 N–H and O–H groups in total. The Morgan fingerprint density at radius 1 is 1.38 bits per heavy atom. The van der Waals surface area contributed by atoms with Crippen molar-refractivity contribution in [1.29, 1.82) is 0 Å². The lowest BCUT2D eigenvalue weighted by atomic mass is 10.2. The van der Waals surface area contributed by atoms with Crippen molar-refractivity contribution in [3.05, 3.63) is 35.7 Å². The summed E-state index contributed by atoms with van der Waals surface area (Å²) in [4.78, 5) is 6.87. The second kappa shape index (κ2) is 6.22. The van der Waals surface area contributed by atoms with Gasteiger partial charge in [-0.05, 0) is 32.4 Å². The van der Waals surface area contributed by atoms with Crippen LogP contribution in [0.1, 0.15) is 43.3 Å². The van der Waals surface area contributed by atoms with Gasteiger partial charge < -0.3 is 9.15 Å². The Kier molecular flexibility index (Phi) is 4.15. The second-order valence-corrected chi connectivity index (χ2v) is 5.19. The molecule has 0 bridgehead atoms. The van der Waals surface area contributed by atoms with Crippen molar-refractivity contribution in [3.63, 3.8) is 0 Å². The maximum atomic E-state index is 5.59. The monoisotopic (exact) mass is 288 g/mol. The van der Waals surface area contributed by atoms with Gasteiger partial charge in [0, 0.05) is 19.5 Å². The van der Waals surface area contributed by atoms with Gasteiger partial charge in [0.2, 0.25) is 17.7 Å². The van der Waals surface area contributed by atoms with Gasteiger partial charge in [0.1, 0.15) is 0 Å². The van der Waals surface area contributed by atoms with Gasteiger partial charge in [0.15, 0.2) is 0 Å². The Morgan fingerprint density at radius 3 is 3.05 bits per heavy atom. The minimum Gasteiger partial charge on any atom is -0.478 e. The summed E-state index contributed by atoms with van der Waals surface area (Å²) in [6, 6.07) is 6.09. The van der Waals surface area contributed by atoms with Crippen molar-refractivity contribution in [2.45, 2.75) is 39.3 Å². The van der Waals surface area contributed by atoms with Crippen LogP contribution >= 0.6 is 0 Å². The Hall–Kier alpha value is -1.95. The molecule has 3 heterocycles. The van der Waals surface area contributed by atoms with E-state index in [0.717, 1.165) is 31.6 Å². The van der Waals surface area contributed by atoms with Crippen molar-refractivity contribution in [2.75, 3.05) is 13.2 Å². The van der Waals surface area contributed by atoms with Gasteiger partial charge in [-0.3, -0.25) is 4.90 Å². The quantitative estimate of drug-likeness (QED) is 0.842. The Balaban J connectivity index is 1.72. The molecule has 1 aliphatic heterocycles. The van der Waals surface area contributed by atoms with E-state index in [2.05, 4.69) is 20.1 Å². The molecule has 112 valence electrons. The van der Waals surface area contributed by atoms with E-state index in [1.807, 2.05) is 32.0 Å². The predicted molar refractivity (Wildman–Crippen MR) is 76.8 cm³/mol. The van der Waals surface area contributed by atoms with Gasteiger partial charge in [0.05, 0.1) is 18.3 Å². The number of hydrogen-bond acceptors (Lipinski definition) is 6. The summed E-state index contributed by atoms with van der Waals surface area (Å²) in [6.07, 6.45) is 2.18. The summed E-state index contributed by atoms with van der Waals surface area (Å²) in [5.41, 5.74) is 1.00. The van der Waals surface area contributed by atoms with Gasteiger partial charge in [-0.25, -0.2) is 4.98 Å². The van der Waals surface area contributed by atoms with Crippen LogP contribution in [0.3, 0.4) is 0 Å². The Bertz CT molecular complexity index is 599.